The summed E-state index contributed by atoms with van der Waals surface area (Å²) in [4.78, 5) is 24.8. The third kappa shape index (κ3) is 2.92. The van der Waals surface area contributed by atoms with Crippen molar-refractivity contribution >= 4 is 29.3 Å². The van der Waals surface area contributed by atoms with E-state index in [0.29, 0.717) is 0 Å². The van der Waals surface area contributed by atoms with E-state index in [1.807, 2.05) is 31.2 Å². The van der Waals surface area contributed by atoms with Crippen molar-refractivity contribution in [2.24, 2.45) is 0 Å². The number of thioether (sulfide) groups is 1. The first-order valence-electron chi connectivity index (χ1n) is 6.25. The largest absolute Gasteiger partial charge is 0.480 e. The predicted molar refractivity (Wildman–Crippen MR) is 76.6 cm³/mol. The normalized spacial score (nSPS) is 19.1. The first kappa shape index (κ1) is 13.9. The van der Waals surface area contributed by atoms with Gasteiger partial charge in [0.2, 0.25) is 5.91 Å². The highest BCUT2D eigenvalue weighted by Gasteiger charge is 2.30. The number of para-hydroxylation sites is 1. The van der Waals surface area contributed by atoms with E-state index in [-0.39, 0.29) is 17.7 Å². The van der Waals surface area contributed by atoms with E-state index in [2.05, 4.69) is 0 Å². The molecule has 2 atom stereocenters. The smallest absolute Gasteiger partial charge is 0.316 e. The van der Waals surface area contributed by atoms with E-state index in [0.717, 1.165) is 12.1 Å². The zero-order valence-electron chi connectivity index (χ0n) is 11.0. The van der Waals surface area contributed by atoms with Gasteiger partial charge in [-0.25, -0.2) is 0 Å². The second-order valence-corrected chi connectivity index (χ2v) is 6.07. The van der Waals surface area contributed by atoms with Crippen molar-refractivity contribution in [1.29, 1.82) is 0 Å². The molecule has 0 aromatic heterocycles. The lowest BCUT2D eigenvalue weighted by Gasteiger charge is -2.23. The fraction of sp³-hybridized carbons (Fsp3) is 0.429. The second-order valence-electron chi connectivity index (χ2n) is 4.74. The van der Waals surface area contributed by atoms with Crippen LogP contribution in [0.25, 0.3) is 0 Å². The van der Waals surface area contributed by atoms with Gasteiger partial charge in [0, 0.05) is 11.7 Å². The molecule has 19 heavy (non-hydrogen) atoms. The third-order valence-corrected chi connectivity index (χ3v) is 4.40. The van der Waals surface area contributed by atoms with Gasteiger partial charge in [-0.2, -0.15) is 0 Å². The first-order chi connectivity index (χ1) is 9.00. The van der Waals surface area contributed by atoms with E-state index in [1.54, 1.807) is 11.8 Å². The van der Waals surface area contributed by atoms with Crippen molar-refractivity contribution in [3.63, 3.8) is 0 Å². The quantitative estimate of drug-likeness (QED) is 0.917. The Labute approximate surface area is 116 Å². The summed E-state index contributed by atoms with van der Waals surface area (Å²) in [6, 6.07) is 8.02. The summed E-state index contributed by atoms with van der Waals surface area (Å²) < 4.78 is 0. The molecule has 0 saturated heterocycles. The maximum atomic E-state index is 12.3. The van der Waals surface area contributed by atoms with Crippen LogP contribution in [0.1, 0.15) is 19.4 Å². The average molecular weight is 279 g/mol. The number of carboxylic acids is 1. The lowest BCUT2D eigenvalue weighted by atomic mass is 10.1. The highest BCUT2D eigenvalue weighted by atomic mass is 32.2. The SMILES string of the molecule is C[C@@H]1Cc2ccccc2N1C(=O)CS[C@H](C)C(=O)O. The van der Waals surface area contributed by atoms with E-state index < -0.39 is 11.2 Å². The summed E-state index contributed by atoms with van der Waals surface area (Å²) in [6.45, 7) is 3.62. The molecule has 102 valence electrons. The van der Waals surface area contributed by atoms with Crippen LogP contribution in [0.15, 0.2) is 24.3 Å². The molecule has 4 nitrogen and oxygen atoms in total. The van der Waals surface area contributed by atoms with E-state index in [4.69, 9.17) is 5.11 Å². The Morgan fingerprint density at radius 3 is 2.84 bits per heavy atom. The molecular formula is C14H17NO3S. The van der Waals surface area contributed by atoms with Gasteiger partial charge in [-0.3, -0.25) is 9.59 Å². The van der Waals surface area contributed by atoms with Crippen LogP contribution in [0.5, 0.6) is 0 Å². The van der Waals surface area contributed by atoms with Crippen molar-refractivity contribution in [3.8, 4) is 0 Å². The number of carbonyl (C=O) groups excluding carboxylic acids is 1. The molecule has 2 rings (SSSR count). The number of anilines is 1. The molecule has 1 aliphatic rings. The van der Waals surface area contributed by atoms with Gasteiger partial charge < -0.3 is 10.0 Å². The highest BCUT2D eigenvalue weighted by molar-refractivity contribution is 8.01. The monoisotopic (exact) mass is 279 g/mol. The van der Waals surface area contributed by atoms with Gasteiger partial charge in [0.1, 0.15) is 0 Å². The minimum atomic E-state index is -0.882. The number of fused-ring (bicyclic) bond motifs is 1. The van der Waals surface area contributed by atoms with Crippen LogP contribution in [0.4, 0.5) is 5.69 Å². The van der Waals surface area contributed by atoms with Crippen molar-refractivity contribution in [1.82, 2.24) is 0 Å². The molecule has 1 aromatic rings. The van der Waals surface area contributed by atoms with Crippen LogP contribution in [0.2, 0.25) is 0 Å². The van der Waals surface area contributed by atoms with Crippen LogP contribution in [-0.2, 0) is 16.0 Å². The Kier molecular flexibility index (Phi) is 4.14. The standard InChI is InChI=1S/C14H17NO3S/c1-9-7-11-5-3-4-6-12(11)15(9)13(16)8-19-10(2)14(17)18/h3-6,9-10H,7-8H2,1-2H3,(H,17,18)/t9-,10-/m1/s1. The molecule has 1 amide bonds. The minimum Gasteiger partial charge on any atom is -0.480 e. The minimum absolute atomic E-state index is 0.0180. The molecule has 0 bridgehead atoms. The Morgan fingerprint density at radius 2 is 2.16 bits per heavy atom. The van der Waals surface area contributed by atoms with Crippen LogP contribution in [0, 0.1) is 0 Å². The Balaban J connectivity index is 2.06. The van der Waals surface area contributed by atoms with Crippen LogP contribution < -0.4 is 4.90 Å². The average Bonchev–Trinajstić information content (AvgIpc) is 2.71. The van der Waals surface area contributed by atoms with Gasteiger partial charge in [-0.1, -0.05) is 18.2 Å². The summed E-state index contributed by atoms with van der Waals surface area (Å²) in [6.07, 6.45) is 0.862. The first-order valence-corrected chi connectivity index (χ1v) is 7.30. The Hall–Kier alpha value is -1.49. The summed E-state index contributed by atoms with van der Waals surface area (Å²) >= 11 is 1.17. The van der Waals surface area contributed by atoms with Crippen molar-refractivity contribution in [2.75, 3.05) is 10.7 Å². The Bertz CT molecular complexity index is 503. The van der Waals surface area contributed by atoms with Gasteiger partial charge in [0.15, 0.2) is 0 Å². The molecule has 0 spiro atoms. The van der Waals surface area contributed by atoms with Gasteiger partial charge in [0.05, 0.1) is 11.0 Å². The third-order valence-electron chi connectivity index (χ3n) is 3.28. The zero-order valence-corrected chi connectivity index (χ0v) is 11.8. The summed E-state index contributed by atoms with van der Waals surface area (Å²) in [5.74, 6) is -0.699. The number of hydrogen-bond acceptors (Lipinski definition) is 3. The van der Waals surface area contributed by atoms with E-state index in [1.165, 1.54) is 17.3 Å². The second kappa shape index (κ2) is 5.65. The number of rotatable bonds is 4. The number of aliphatic carboxylic acids is 1. The number of benzene rings is 1. The maximum absolute atomic E-state index is 12.3. The molecule has 1 heterocycles. The number of amides is 1. The Morgan fingerprint density at radius 1 is 1.47 bits per heavy atom. The topological polar surface area (TPSA) is 57.6 Å². The molecular weight excluding hydrogens is 262 g/mol. The van der Waals surface area contributed by atoms with Crippen LogP contribution >= 0.6 is 11.8 Å². The van der Waals surface area contributed by atoms with E-state index in [9.17, 15) is 9.59 Å². The summed E-state index contributed by atoms with van der Waals surface area (Å²) in [7, 11) is 0. The highest BCUT2D eigenvalue weighted by Crippen LogP contribution is 2.32. The lowest BCUT2D eigenvalue weighted by Crippen LogP contribution is -2.37. The summed E-state index contributed by atoms with van der Waals surface area (Å²) in [5.41, 5.74) is 2.14. The van der Waals surface area contributed by atoms with Crippen molar-refractivity contribution < 1.29 is 14.7 Å². The number of hydrogen-bond donors (Lipinski definition) is 1. The van der Waals surface area contributed by atoms with Gasteiger partial charge in [-0.15, -0.1) is 11.8 Å². The van der Waals surface area contributed by atoms with Crippen LogP contribution in [-0.4, -0.2) is 34.0 Å². The van der Waals surface area contributed by atoms with Crippen molar-refractivity contribution in [3.05, 3.63) is 29.8 Å². The molecule has 0 saturated carbocycles. The van der Waals surface area contributed by atoms with Crippen molar-refractivity contribution in [2.45, 2.75) is 31.6 Å². The molecule has 5 heteroatoms. The fourth-order valence-corrected chi connectivity index (χ4v) is 2.96. The predicted octanol–water partition coefficient (Wildman–Crippen LogP) is 2.17. The summed E-state index contributed by atoms with van der Waals surface area (Å²) in [5, 5.41) is 8.27. The molecule has 1 aliphatic heterocycles. The molecule has 0 fully saturated rings. The molecule has 0 radical (unpaired) electrons. The number of carboxylic acid groups (broad SMARTS) is 1. The van der Waals surface area contributed by atoms with E-state index >= 15 is 0 Å². The van der Waals surface area contributed by atoms with Crippen LogP contribution in [0.3, 0.4) is 0 Å². The molecule has 1 N–H and O–H groups in total. The molecule has 0 aliphatic carbocycles. The van der Waals surface area contributed by atoms with Gasteiger partial charge in [0.25, 0.3) is 0 Å². The number of nitrogens with zero attached hydrogens (tertiary/aromatic N) is 1. The molecule has 1 aromatic carbocycles. The fourth-order valence-electron chi connectivity index (χ4n) is 2.28. The maximum Gasteiger partial charge on any atom is 0.316 e. The lowest BCUT2D eigenvalue weighted by molar-refractivity contribution is -0.136. The van der Waals surface area contributed by atoms with Gasteiger partial charge in [-0.05, 0) is 31.9 Å². The van der Waals surface area contributed by atoms with Gasteiger partial charge >= 0.3 is 5.97 Å². The molecule has 0 unspecified atom stereocenters. The number of carbonyl (C=O) groups is 2. The zero-order chi connectivity index (χ0) is 14.0.